The first-order chi connectivity index (χ1) is 13.3. The molecular formula is C20H21N3O4S. The average molecular weight is 399 g/mol. The van der Waals surface area contributed by atoms with Gasteiger partial charge in [-0.05, 0) is 45.0 Å². The minimum absolute atomic E-state index is 0.159. The van der Waals surface area contributed by atoms with E-state index in [-0.39, 0.29) is 11.2 Å². The van der Waals surface area contributed by atoms with Crippen LogP contribution in [0.4, 0.5) is 5.69 Å². The zero-order valence-corrected chi connectivity index (χ0v) is 16.9. The van der Waals surface area contributed by atoms with E-state index in [4.69, 9.17) is 4.74 Å². The molecule has 7 nitrogen and oxygen atoms in total. The lowest BCUT2D eigenvalue weighted by molar-refractivity contribution is -0.123. The number of amides is 1. The Morgan fingerprint density at radius 3 is 2.39 bits per heavy atom. The molecule has 3 aromatic rings. The Bertz CT molecular complexity index is 1080. The van der Waals surface area contributed by atoms with Crippen molar-refractivity contribution in [3.8, 4) is 5.69 Å². The highest BCUT2D eigenvalue weighted by Gasteiger charge is 2.24. The van der Waals surface area contributed by atoms with Crippen LogP contribution in [0.15, 0.2) is 47.3 Å². The number of aromatic nitrogens is 2. The largest absolute Gasteiger partial charge is 0.448 e. The van der Waals surface area contributed by atoms with Crippen LogP contribution in [-0.2, 0) is 16.6 Å². The molecule has 0 spiro atoms. The second-order valence-electron chi connectivity index (χ2n) is 6.38. The highest BCUT2D eigenvalue weighted by Crippen LogP contribution is 2.18. The van der Waals surface area contributed by atoms with Gasteiger partial charge in [0.15, 0.2) is 6.10 Å². The molecule has 28 heavy (non-hydrogen) atoms. The molecule has 0 aliphatic heterocycles. The minimum Gasteiger partial charge on any atom is -0.448 e. The summed E-state index contributed by atoms with van der Waals surface area (Å²) < 4.78 is 8.36. The van der Waals surface area contributed by atoms with E-state index in [1.54, 1.807) is 36.9 Å². The van der Waals surface area contributed by atoms with Crippen LogP contribution < -0.4 is 10.9 Å². The lowest BCUT2D eigenvalue weighted by atomic mass is 10.3. The molecule has 1 N–H and O–H groups in total. The highest BCUT2D eigenvalue weighted by molar-refractivity contribution is 7.13. The zero-order valence-electron chi connectivity index (χ0n) is 16.1. The van der Waals surface area contributed by atoms with E-state index in [9.17, 15) is 14.4 Å². The molecule has 0 bridgehead atoms. The van der Waals surface area contributed by atoms with Crippen LogP contribution in [0.3, 0.4) is 0 Å². The standard InChI is InChI=1S/C20H21N3O4S/c1-12-10-11-16(28-12)20(26)27-14(3)18(24)21-17-13(2)22(4)23(19(17)25)15-8-6-5-7-9-15/h5-11,14H,1-4H3,(H,21,24)/t14-/m0/s1. The van der Waals surface area contributed by atoms with Gasteiger partial charge in [0, 0.05) is 11.9 Å². The van der Waals surface area contributed by atoms with Gasteiger partial charge in [0.1, 0.15) is 10.6 Å². The predicted octanol–water partition coefficient (Wildman–Crippen LogP) is 3.04. The van der Waals surface area contributed by atoms with E-state index in [0.717, 1.165) is 4.88 Å². The number of anilines is 1. The molecule has 0 aliphatic rings. The summed E-state index contributed by atoms with van der Waals surface area (Å²) in [6, 6.07) is 12.6. The van der Waals surface area contributed by atoms with E-state index in [1.165, 1.54) is 22.9 Å². The van der Waals surface area contributed by atoms with Gasteiger partial charge >= 0.3 is 5.97 Å². The fourth-order valence-electron chi connectivity index (χ4n) is 2.75. The van der Waals surface area contributed by atoms with Gasteiger partial charge in [0.05, 0.1) is 11.4 Å². The SMILES string of the molecule is Cc1ccc(C(=O)O[C@@H](C)C(=O)Nc2c(C)n(C)n(-c3ccccc3)c2=O)s1. The highest BCUT2D eigenvalue weighted by atomic mass is 32.1. The van der Waals surface area contributed by atoms with Crippen molar-refractivity contribution in [2.45, 2.75) is 26.9 Å². The maximum absolute atomic E-state index is 12.8. The molecule has 0 saturated carbocycles. The molecule has 0 radical (unpaired) electrons. The first-order valence-corrected chi connectivity index (χ1v) is 9.53. The molecule has 1 amide bonds. The monoisotopic (exact) mass is 399 g/mol. The van der Waals surface area contributed by atoms with Crippen molar-refractivity contribution in [2.75, 3.05) is 5.32 Å². The summed E-state index contributed by atoms with van der Waals surface area (Å²) in [4.78, 5) is 38.9. The fourth-order valence-corrected chi connectivity index (χ4v) is 3.50. The topological polar surface area (TPSA) is 82.3 Å². The van der Waals surface area contributed by atoms with Crippen LogP contribution >= 0.6 is 11.3 Å². The van der Waals surface area contributed by atoms with Crippen molar-refractivity contribution in [3.63, 3.8) is 0 Å². The molecule has 1 atom stereocenters. The van der Waals surface area contributed by atoms with E-state index >= 15 is 0 Å². The van der Waals surface area contributed by atoms with Gasteiger partial charge < -0.3 is 10.1 Å². The van der Waals surface area contributed by atoms with E-state index in [2.05, 4.69) is 5.32 Å². The Hall–Kier alpha value is -3.13. The van der Waals surface area contributed by atoms with Crippen LogP contribution in [-0.4, -0.2) is 27.3 Å². The Labute approximate surface area is 166 Å². The van der Waals surface area contributed by atoms with Gasteiger partial charge in [-0.3, -0.25) is 14.3 Å². The van der Waals surface area contributed by atoms with Gasteiger partial charge in [-0.15, -0.1) is 11.3 Å². The number of benzene rings is 1. The van der Waals surface area contributed by atoms with Gasteiger partial charge in [0.2, 0.25) is 0 Å². The summed E-state index contributed by atoms with van der Waals surface area (Å²) in [5.74, 6) is -1.13. The minimum atomic E-state index is -1.04. The summed E-state index contributed by atoms with van der Waals surface area (Å²) in [7, 11) is 1.74. The summed E-state index contributed by atoms with van der Waals surface area (Å²) in [5, 5.41) is 2.60. The Kier molecular flexibility index (Phi) is 5.51. The predicted molar refractivity (Wildman–Crippen MR) is 108 cm³/mol. The van der Waals surface area contributed by atoms with E-state index in [0.29, 0.717) is 16.3 Å². The van der Waals surface area contributed by atoms with Gasteiger partial charge in [-0.1, -0.05) is 18.2 Å². The third kappa shape index (κ3) is 3.77. The van der Waals surface area contributed by atoms with Crippen LogP contribution in [0.2, 0.25) is 0 Å². The number of carbonyl (C=O) groups is 2. The lowest BCUT2D eigenvalue weighted by Crippen LogP contribution is -2.32. The second kappa shape index (κ2) is 7.85. The summed E-state index contributed by atoms with van der Waals surface area (Å²) in [5.41, 5.74) is 1.08. The van der Waals surface area contributed by atoms with Crippen molar-refractivity contribution in [1.29, 1.82) is 0 Å². The molecule has 3 rings (SSSR count). The number of ether oxygens (including phenoxy) is 1. The summed E-state index contributed by atoms with van der Waals surface area (Å²) in [6.07, 6.45) is -1.04. The number of carbonyl (C=O) groups excluding carboxylic acids is 2. The van der Waals surface area contributed by atoms with Crippen LogP contribution in [0.25, 0.3) is 5.69 Å². The smallest absolute Gasteiger partial charge is 0.349 e. The number of thiophene rings is 1. The molecule has 146 valence electrons. The molecule has 2 aromatic heterocycles. The van der Waals surface area contributed by atoms with Crippen LogP contribution in [0.1, 0.15) is 27.2 Å². The van der Waals surface area contributed by atoms with E-state index < -0.39 is 18.0 Å². The van der Waals surface area contributed by atoms with Crippen LogP contribution in [0.5, 0.6) is 0 Å². The van der Waals surface area contributed by atoms with Gasteiger partial charge in [0.25, 0.3) is 11.5 Å². The molecule has 8 heteroatoms. The van der Waals surface area contributed by atoms with Gasteiger partial charge in [-0.2, -0.15) is 0 Å². The molecule has 1 aromatic carbocycles. The quantitative estimate of drug-likeness (QED) is 0.669. The maximum atomic E-state index is 12.8. The Morgan fingerprint density at radius 2 is 1.79 bits per heavy atom. The van der Waals surface area contributed by atoms with Gasteiger partial charge in [-0.25, -0.2) is 9.48 Å². The number of hydrogen-bond acceptors (Lipinski definition) is 5. The van der Waals surface area contributed by atoms with Crippen molar-refractivity contribution < 1.29 is 14.3 Å². The Balaban J connectivity index is 1.79. The average Bonchev–Trinajstić information content (AvgIpc) is 3.20. The third-order valence-electron chi connectivity index (χ3n) is 4.40. The number of nitrogens with zero attached hydrogens (tertiary/aromatic N) is 2. The second-order valence-corrected chi connectivity index (χ2v) is 7.67. The van der Waals surface area contributed by atoms with Crippen molar-refractivity contribution >= 4 is 28.9 Å². The number of nitrogens with one attached hydrogen (secondary N) is 1. The number of aryl methyl sites for hydroxylation is 1. The molecule has 0 saturated heterocycles. The normalized spacial score (nSPS) is 11.9. The summed E-state index contributed by atoms with van der Waals surface area (Å²) >= 11 is 1.30. The number of para-hydroxylation sites is 1. The van der Waals surface area contributed by atoms with Crippen molar-refractivity contribution in [2.24, 2.45) is 7.05 Å². The van der Waals surface area contributed by atoms with Crippen molar-refractivity contribution in [3.05, 3.63) is 68.3 Å². The number of esters is 1. The third-order valence-corrected chi connectivity index (χ3v) is 5.38. The van der Waals surface area contributed by atoms with Crippen LogP contribution in [0, 0.1) is 13.8 Å². The molecule has 0 aliphatic carbocycles. The van der Waals surface area contributed by atoms with E-state index in [1.807, 2.05) is 31.2 Å². The summed E-state index contributed by atoms with van der Waals surface area (Å²) in [6.45, 7) is 5.09. The Morgan fingerprint density at radius 1 is 1.11 bits per heavy atom. The maximum Gasteiger partial charge on any atom is 0.349 e. The fraction of sp³-hybridized carbons (Fsp3) is 0.250. The molecule has 0 fully saturated rings. The zero-order chi connectivity index (χ0) is 20.4. The first kappa shape index (κ1) is 19.6. The van der Waals surface area contributed by atoms with Crippen molar-refractivity contribution in [1.82, 2.24) is 9.36 Å². The number of hydrogen-bond donors (Lipinski definition) is 1. The number of rotatable bonds is 5. The molecule has 0 unspecified atom stereocenters. The molecule has 2 heterocycles. The first-order valence-electron chi connectivity index (χ1n) is 8.72. The molecular weight excluding hydrogens is 378 g/mol. The lowest BCUT2D eigenvalue weighted by Gasteiger charge is -2.12.